The lowest BCUT2D eigenvalue weighted by molar-refractivity contribution is -0.223. The zero-order valence-corrected chi connectivity index (χ0v) is 11.2. The van der Waals surface area contributed by atoms with E-state index < -0.39 is 29.7 Å². The predicted octanol–water partition coefficient (Wildman–Crippen LogP) is 4.24. The molecule has 1 atom stereocenters. The SMILES string of the molecule is CC(C)(C)C(N1CCC(C(F)(F)F)CC1)C(F)(F)F. The molecule has 1 unspecified atom stereocenters. The number of likely N-dealkylation sites (tertiary alicyclic amines) is 1. The van der Waals surface area contributed by atoms with Crippen LogP contribution in [0.3, 0.4) is 0 Å². The topological polar surface area (TPSA) is 3.24 Å². The Hall–Kier alpha value is -0.460. The van der Waals surface area contributed by atoms with Crippen LogP contribution < -0.4 is 0 Å². The average Bonchev–Trinajstić information content (AvgIpc) is 2.12. The van der Waals surface area contributed by atoms with Gasteiger partial charge >= 0.3 is 12.4 Å². The molecule has 1 nitrogen and oxygen atoms in total. The van der Waals surface area contributed by atoms with Crippen LogP contribution in [0.2, 0.25) is 0 Å². The molecule has 1 aliphatic heterocycles. The first-order valence-corrected chi connectivity index (χ1v) is 6.21. The van der Waals surface area contributed by atoms with Gasteiger partial charge < -0.3 is 0 Å². The van der Waals surface area contributed by atoms with Crippen molar-refractivity contribution in [2.45, 2.75) is 52.0 Å². The van der Waals surface area contributed by atoms with Gasteiger partial charge in [-0.1, -0.05) is 20.8 Å². The summed E-state index contributed by atoms with van der Waals surface area (Å²) in [6, 6.07) is -1.70. The lowest BCUT2D eigenvalue weighted by Crippen LogP contribution is -2.56. The molecular formula is C12H19F6N. The molecule has 0 aromatic rings. The highest BCUT2D eigenvalue weighted by atomic mass is 19.4. The lowest BCUT2D eigenvalue weighted by atomic mass is 9.83. The quantitative estimate of drug-likeness (QED) is 0.653. The van der Waals surface area contributed by atoms with Gasteiger partial charge in [-0.2, -0.15) is 26.3 Å². The Morgan fingerprint density at radius 2 is 1.32 bits per heavy atom. The molecule has 0 saturated carbocycles. The van der Waals surface area contributed by atoms with E-state index in [0.29, 0.717) is 0 Å². The fraction of sp³-hybridized carbons (Fsp3) is 1.00. The molecule has 0 amide bonds. The van der Waals surface area contributed by atoms with Gasteiger partial charge in [0.1, 0.15) is 6.04 Å². The monoisotopic (exact) mass is 291 g/mol. The molecule has 0 N–H and O–H groups in total. The number of nitrogens with zero attached hydrogens (tertiary/aromatic N) is 1. The molecule has 0 bridgehead atoms. The summed E-state index contributed by atoms with van der Waals surface area (Å²) < 4.78 is 76.7. The molecule has 0 aromatic carbocycles. The van der Waals surface area contributed by atoms with Crippen LogP contribution in [-0.2, 0) is 0 Å². The van der Waals surface area contributed by atoms with Crippen molar-refractivity contribution >= 4 is 0 Å². The largest absolute Gasteiger partial charge is 0.404 e. The number of alkyl halides is 6. The van der Waals surface area contributed by atoms with Crippen molar-refractivity contribution in [1.82, 2.24) is 4.90 Å². The zero-order chi connectivity index (χ0) is 15.1. The highest BCUT2D eigenvalue weighted by molar-refractivity contribution is 4.91. The van der Waals surface area contributed by atoms with E-state index >= 15 is 0 Å². The highest BCUT2D eigenvalue weighted by Gasteiger charge is 2.52. The Kier molecular flexibility index (Phi) is 4.49. The number of halogens is 6. The Bertz CT molecular complexity index is 279. The average molecular weight is 291 g/mol. The number of hydrogen-bond donors (Lipinski definition) is 0. The molecular weight excluding hydrogens is 272 g/mol. The van der Waals surface area contributed by atoms with Gasteiger partial charge in [-0.05, 0) is 31.3 Å². The Balaban J connectivity index is 2.77. The van der Waals surface area contributed by atoms with E-state index in [1.165, 1.54) is 20.8 Å². The number of hydrogen-bond acceptors (Lipinski definition) is 1. The van der Waals surface area contributed by atoms with Crippen LogP contribution in [0.4, 0.5) is 26.3 Å². The molecule has 114 valence electrons. The fourth-order valence-corrected chi connectivity index (χ4v) is 2.73. The second-order valence-electron chi connectivity index (χ2n) is 6.16. The minimum absolute atomic E-state index is 0.161. The second-order valence-corrected chi connectivity index (χ2v) is 6.16. The first kappa shape index (κ1) is 16.6. The molecule has 1 aliphatic rings. The van der Waals surface area contributed by atoms with Crippen LogP contribution >= 0.6 is 0 Å². The summed E-state index contributed by atoms with van der Waals surface area (Å²) in [7, 11) is 0. The summed E-state index contributed by atoms with van der Waals surface area (Å²) in [6.07, 6.45) is -9.25. The molecule has 19 heavy (non-hydrogen) atoms. The van der Waals surface area contributed by atoms with Gasteiger partial charge in [0, 0.05) is 0 Å². The molecule has 1 rings (SSSR count). The van der Waals surface area contributed by atoms with E-state index in [4.69, 9.17) is 0 Å². The van der Waals surface area contributed by atoms with Gasteiger partial charge in [0.25, 0.3) is 0 Å². The minimum Gasteiger partial charge on any atom is -0.292 e. The number of rotatable bonds is 1. The summed E-state index contributed by atoms with van der Waals surface area (Å²) >= 11 is 0. The normalized spacial score (nSPS) is 22.6. The van der Waals surface area contributed by atoms with Gasteiger partial charge in [0.05, 0.1) is 5.92 Å². The molecule has 7 heteroatoms. The van der Waals surface area contributed by atoms with Crippen LogP contribution in [0.1, 0.15) is 33.6 Å². The van der Waals surface area contributed by atoms with Crippen molar-refractivity contribution in [2.75, 3.05) is 13.1 Å². The van der Waals surface area contributed by atoms with Gasteiger partial charge in [-0.3, -0.25) is 4.90 Å². The van der Waals surface area contributed by atoms with Gasteiger partial charge in [0.2, 0.25) is 0 Å². The van der Waals surface area contributed by atoms with Crippen LogP contribution in [-0.4, -0.2) is 36.4 Å². The third kappa shape index (κ3) is 4.26. The number of piperidine rings is 1. The maximum absolute atomic E-state index is 13.1. The van der Waals surface area contributed by atoms with Crippen molar-refractivity contribution < 1.29 is 26.3 Å². The summed E-state index contributed by atoms with van der Waals surface area (Å²) in [5.74, 6) is -1.47. The maximum Gasteiger partial charge on any atom is 0.404 e. The van der Waals surface area contributed by atoms with Crippen molar-refractivity contribution in [3.63, 3.8) is 0 Å². The standard InChI is InChI=1S/C12H19F6N/c1-10(2,3)9(12(16,17)18)19-6-4-8(5-7-19)11(13,14)15/h8-9H,4-7H2,1-3H3. The van der Waals surface area contributed by atoms with Crippen molar-refractivity contribution in [3.8, 4) is 0 Å². The highest BCUT2D eigenvalue weighted by Crippen LogP contribution is 2.41. The van der Waals surface area contributed by atoms with Crippen molar-refractivity contribution in [2.24, 2.45) is 11.3 Å². The predicted molar refractivity (Wildman–Crippen MR) is 59.7 cm³/mol. The Morgan fingerprint density at radius 3 is 1.58 bits per heavy atom. The fourth-order valence-electron chi connectivity index (χ4n) is 2.73. The third-order valence-electron chi connectivity index (χ3n) is 3.49. The van der Waals surface area contributed by atoms with Gasteiger partial charge in [-0.25, -0.2) is 0 Å². The molecule has 0 aromatic heterocycles. The maximum atomic E-state index is 13.1. The molecule has 1 heterocycles. The molecule has 0 radical (unpaired) electrons. The van der Waals surface area contributed by atoms with E-state index in [0.717, 1.165) is 4.90 Å². The van der Waals surface area contributed by atoms with Gasteiger partial charge in [0.15, 0.2) is 0 Å². The summed E-state index contributed by atoms with van der Waals surface area (Å²) in [5, 5.41) is 0. The zero-order valence-electron chi connectivity index (χ0n) is 11.2. The molecule has 0 aliphatic carbocycles. The second kappa shape index (κ2) is 5.14. The molecule has 1 saturated heterocycles. The van der Waals surface area contributed by atoms with Crippen molar-refractivity contribution in [3.05, 3.63) is 0 Å². The van der Waals surface area contributed by atoms with Crippen LogP contribution in [0.25, 0.3) is 0 Å². The van der Waals surface area contributed by atoms with Crippen LogP contribution in [0, 0.1) is 11.3 Å². The molecule has 0 spiro atoms. The summed E-state index contributed by atoms with van der Waals surface area (Å²) in [6.45, 7) is 4.06. The van der Waals surface area contributed by atoms with E-state index in [2.05, 4.69) is 0 Å². The Morgan fingerprint density at radius 1 is 0.895 bits per heavy atom. The smallest absolute Gasteiger partial charge is 0.292 e. The van der Waals surface area contributed by atoms with Gasteiger partial charge in [-0.15, -0.1) is 0 Å². The first-order chi connectivity index (χ1) is 8.33. The van der Waals surface area contributed by atoms with E-state index in [1.807, 2.05) is 0 Å². The minimum atomic E-state index is -4.43. The van der Waals surface area contributed by atoms with Crippen LogP contribution in [0.5, 0.6) is 0 Å². The first-order valence-electron chi connectivity index (χ1n) is 6.21. The van der Waals surface area contributed by atoms with Crippen LogP contribution in [0.15, 0.2) is 0 Å². The molecule has 1 fully saturated rings. The summed E-state index contributed by atoms with van der Waals surface area (Å²) in [5.41, 5.74) is -1.05. The van der Waals surface area contributed by atoms with Crippen molar-refractivity contribution in [1.29, 1.82) is 0 Å². The Labute approximate surface area is 109 Å². The van der Waals surface area contributed by atoms with E-state index in [1.54, 1.807) is 0 Å². The summed E-state index contributed by atoms with van der Waals surface area (Å²) in [4.78, 5) is 1.14. The van der Waals surface area contributed by atoms with E-state index in [9.17, 15) is 26.3 Å². The van der Waals surface area contributed by atoms with E-state index in [-0.39, 0.29) is 25.9 Å². The third-order valence-corrected chi connectivity index (χ3v) is 3.49. The lowest BCUT2D eigenvalue weighted by Gasteiger charge is -2.44.